The lowest BCUT2D eigenvalue weighted by Crippen LogP contribution is -2.28. The minimum Gasteiger partial charge on any atom is -0.271 e. The van der Waals surface area contributed by atoms with Crippen LogP contribution >= 0.6 is 15.9 Å². The molecule has 0 saturated heterocycles. The first-order chi connectivity index (χ1) is 8.27. The van der Waals surface area contributed by atoms with E-state index in [0.717, 1.165) is 29.4 Å². The van der Waals surface area contributed by atoms with Crippen molar-refractivity contribution in [1.82, 2.24) is 10.4 Å². The van der Waals surface area contributed by atoms with Crippen LogP contribution in [0.4, 0.5) is 0 Å². The number of nitrogens with zero attached hydrogens (tertiary/aromatic N) is 1. The van der Waals surface area contributed by atoms with Gasteiger partial charge in [0.2, 0.25) is 0 Å². The van der Waals surface area contributed by atoms with Gasteiger partial charge >= 0.3 is 0 Å². The maximum Gasteiger partial charge on any atom is 0.0632 e. The van der Waals surface area contributed by atoms with Crippen LogP contribution < -0.4 is 11.3 Å². The molecule has 0 fully saturated rings. The summed E-state index contributed by atoms with van der Waals surface area (Å²) >= 11 is 3.37. The van der Waals surface area contributed by atoms with Gasteiger partial charge in [0.05, 0.1) is 11.7 Å². The zero-order chi connectivity index (χ0) is 12.5. The Morgan fingerprint density at radius 1 is 1.41 bits per heavy atom. The molecule has 0 amide bonds. The summed E-state index contributed by atoms with van der Waals surface area (Å²) in [5.74, 6) is 5.57. The zero-order valence-electron chi connectivity index (χ0n) is 10.0. The van der Waals surface area contributed by atoms with Crippen LogP contribution in [-0.2, 0) is 0 Å². The van der Waals surface area contributed by atoms with Gasteiger partial charge < -0.3 is 0 Å². The first kappa shape index (κ1) is 14.4. The van der Waals surface area contributed by atoms with Gasteiger partial charge in [-0.05, 0) is 47.3 Å². The Labute approximate surface area is 112 Å². The maximum absolute atomic E-state index is 5.57. The molecule has 4 heteroatoms. The Morgan fingerprint density at radius 2 is 2.24 bits per heavy atom. The van der Waals surface area contributed by atoms with Gasteiger partial charge in [0.15, 0.2) is 0 Å². The van der Waals surface area contributed by atoms with Crippen molar-refractivity contribution < 1.29 is 0 Å². The monoisotopic (exact) mass is 297 g/mol. The van der Waals surface area contributed by atoms with Gasteiger partial charge in [0, 0.05) is 10.7 Å². The normalized spacial score (nSPS) is 12.4. The molecule has 1 rings (SSSR count). The average molecular weight is 298 g/mol. The number of allylic oxidation sites excluding steroid dienone is 1. The number of aromatic nitrogens is 1. The van der Waals surface area contributed by atoms with Crippen molar-refractivity contribution in [3.8, 4) is 0 Å². The van der Waals surface area contributed by atoms with Gasteiger partial charge in [-0.2, -0.15) is 0 Å². The molecule has 17 heavy (non-hydrogen) atoms. The molecular weight excluding hydrogens is 278 g/mol. The van der Waals surface area contributed by atoms with Crippen LogP contribution in [0.1, 0.15) is 43.8 Å². The van der Waals surface area contributed by atoms with Crippen LogP contribution in [0.15, 0.2) is 35.5 Å². The van der Waals surface area contributed by atoms with E-state index in [2.05, 4.69) is 32.9 Å². The number of unbranched alkanes of at least 4 members (excludes halogenated alkanes) is 3. The van der Waals surface area contributed by atoms with Gasteiger partial charge in [-0.3, -0.25) is 16.3 Å². The topological polar surface area (TPSA) is 50.9 Å². The van der Waals surface area contributed by atoms with Crippen molar-refractivity contribution in [2.45, 2.75) is 38.1 Å². The average Bonchev–Trinajstić information content (AvgIpc) is 2.35. The minimum absolute atomic E-state index is 0.145. The van der Waals surface area contributed by atoms with E-state index in [4.69, 9.17) is 5.84 Å². The number of hydrogen-bond donors (Lipinski definition) is 2. The lowest BCUT2D eigenvalue weighted by Gasteiger charge is -2.15. The number of nitrogens with two attached hydrogens (primary N) is 1. The van der Waals surface area contributed by atoms with Crippen LogP contribution in [0.25, 0.3) is 0 Å². The van der Waals surface area contributed by atoms with E-state index in [1.54, 1.807) is 6.20 Å². The third kappa shape index (κ3) is 5.44. The molecule has 0 aliphatic rings. The van der Waals surface area contributed by atoms with E-state index >= 15 is 0 Å². The molecule has 0 radical (unpaired) electrons. The fraction of sp³-hybridized carbons (Fsp3) is 0.462. The van der Waals surface area contributed by atoms with E-state index in [1.165, 1.54) is 12.8 Å². The smallest absolute Gasteiger partial charge is 0.0632 e. The molecule has 0 saturated carbocycles. The highest BCUT2D eigenvalue weighted by Crippen LogP contribution is 2.19. The molecular formula is C13H20BrN3. The highest BCUT2D eigenvalue weighted by Gasteiger charge is 2.10. The van der Waals surface area contributed by atoms with Crippen LogP contribution in [0, 0.1) is 0 Å². The molecule has 0 bridgehead atoms. The Balaban J connectivity index is 2.37. The van der Waals surface area contributed by atoms with E-state index in [1.807, 2.05) is 18.2 Å². The first-order valence-corrected chi connectivity index (χ1v) is 6.75. The van der Waals surface area contributed by atoms with E-state index in [0.29, 0.717) is 0 Å². The Kier molecular flexibility index (Phi) is 7.08. The predicted octanol–water partition coefficient (Wildman–Crippen LogP) is 3.49. The highest BCUT2D eigenvalue weighted by atomic mass is 79.9. The molecule has 0 aliphatic heterocycles. The molecule has 0 aromatic carbocycles. The van der Waals surface area contributed by atoms with Crippen molar-refractivity contribution in [3.05, 3.63) is 41.2 Å². The summed E-state index contributed by atoms with van der Waals surface area (Å²) in [4.78, 5) is 4.36. The summed E-state index contributed by atoms with van der Waals surface area (Å²) in [6.45, 7) is 3.72. The maximum atomic E-state index is 5.57. The standard InChI is InChI=1S/C13H20BrN3/c1-2-3-4-5-6-7-13(17-15)12-9-8-11(14)10-16-12/h2,8-10,13,17H,1,3-7,15H2. The SMILES string of the molecule is C=CCCCCCC(NN)c1ccc(Br)cn1. The van der Waals surface area contributed by atoms with E-state index < -0.39 is 0 Å². The third-order valence-electron chi connectivity index (χ3n) is 2.71. The van der Waals surface area contributed by atoms with E-state index in [-0.39, 0.29) is 6.04 Å². The fourth-order valence-electron chi connectivity index (χ4n) is 1.72. The van der Waals surface area contributed by atoms with Crippen molar-refractivity contribution in [2.24, 2.45) is 5.84 Å². The summed E-state index contributed by atoms with van der Waals surface area (Å²) < 4.78 is 0.989. The van der Waals surface area contributed by atoms with Crippen molar-refractivity contribution >= 4 is 15.9 Å². The molecule has 0 spiro atoms. The first-order valence-electron chi connectivity index (χ1n) is 5.96. The molecule has 1 atom stereocenters. The summed E-state index contributed by atoms with van der Waals surface area (Å²) in [6.07, 6.45) is 9.45. The molecule has 3 nitrogen and oxygen atoms in total. The van der Waals surface area contributed by atoms with Crippen LogP contribution in [0.3, 0.4) is 0 Å². The molecule has 3 N–H and O–H groups in total. The molecule has 94 valence electrons. The molecule has 1 unspecified atom stereocenters. The summed E-state index contributed by atoms with van der Waals surface area (Å²) in [6, 6.07) is 4.13. The number of pyridine rings is 1. The predicted molar refractivity (Wildman–Crippen MR) is 75.3 cm³/mol. The summed E-state index contributed by atoms with van der Waals surface area (Å²) in [5.41, 5.74) is 3.83. The van der Waals surface area contributed by atoms with Crippen LogP contribution in [0.2, 0.25) is 0 Å². The Hall–Kier alpha value is -0.710. The minimum atomic E-state index is 0.145. The summed E-state index contributed by atoms with van der Waals surface area (Å²) in [5, 5.41) is 0. The second kappa shape index (κ2) is 8.39. The highest BCUT2D eigenvalue weighted by molar-refractivity contribution is 9.10. The summed E-state index contributed by atoms with van der Waals surface area (Å²) in [7, 11) is 0. The molecule has 1 aromatic rings. The fourth-order valence-corrected chi connectivity index (χ4v) is 1.96. The molecule has 0 aliphatic carbocycles. The quantitative estimate of drug-likeness (QED) is 0.334. The number of halogens is 1. The van der Waals surface area contributed by atoms with E-state index in [9.17, 15) is 0 Å². The second-order valence-electron chi connectivity index (χ2n) is 4.05. The Morgan fingerprint density at radius 3 is 2.82 bits per heavy atom. The number of rotatable bonds is 8. The largest absolute Gasteiger partial charge is 0.271 e. The second-order valence-corrected chi connectivity index (χ2v) is 4.96. The number of hydrazine groups is 1. The Bertz CT molecular complexity index is 324. The molecule has 1 aromatic heterocycles. The van der Waals surface area contributed by atoms with Crippen molar-refractivity contribution in [1.29, 1.82) is 0 Å². The van der Waals surface area contributed by atoms with Crippen molar-refractivity contribution in [2.75, 3.05) is 0 Å². The van der Waals surface area contributed by atoms with Gasteiger partial charge in [-0.15, -0.1) is 6.58 Å². The van der Waals surface area contributed by atoms with Crippen molar-refractivity contribution in [3.63, 3.8) is 0 Å². The number of nitrogens with one attached hydrogen (secondary N) is 1. The zero-order valence-corrected chi connectivity index (χ0v) is 11.6. The van der Waals surface area contributed by atoms with Gasteiger partial charge in [0.25, 0.3) is 0 Å². The molecule has 1 heterocycles. The lowest BCUT2D eigenvalue weighted by molar-refractivity contribution is 0.474. The third-order valence-corrected chi connectivity index (χ3v) is 3.18. The van der Waals surface area contributed by atoms with Crippen LogP contribution in [0.5, 0.6) is 0 Å². The van der Waals surface area contributed by atoms with Crippen LogP contribution in [-0.4, -0.2) is 4.98 Å². The van der Waals surface area contributed by atoms with Gasteiger partial charge in [-0.1, -0.05) is 18.9 Å². The lowest BCUT2D eigenvalue weighted by atomic mass is 10.0. The van der Waals surface area contributed by atoms with Gasteiger partial charge in [-0.25, -0.2) is 0 Å². The number of hydrogen-bond acceptors (Lipinski definition) is 3. The van der Waals surface area contributed by atoms with Gasteiger partial charge in [0.1, 0.15) is 0 Å².